The van der Waals surface area contributed by atoms with Gasteiger partial charge in [-0.05, 0) is 47.2 Å². The quantitative estimate of drug-likeness (QED) is 0.485. The number of thiophene rings is 1. The van der Waals surface area contributed by atoms with E-state index in [1.165, 1.54) is 6.07 Å². The Hall–Kier alpha value is -3.45. The molecule has 1 aliphatic rings. The van der Waals surface area contributed by atoms with Gasteiger partial charge in [0.1, 0.15) is 11.5 Å². The molecule has 2 N–H and O–H groups in total. The van der Waals surface area contributed by atoms with E-state index in [0.29, 0.717) is 42.7 Å². The van der Waals surface area contributed by atoms with Gasteiger partial charge in [0.25, 0.3) is 5.91 Å². The van der Waals surface area contributed by atoms with Crippen molar-refractivity contribution in [2.45, 2.75) is 6.42 Å². The van der Waals surface area contributed by atoms with E-state index in [9.17, 15) is 14.0 Å². The van der Waals surface area contributed by atoms with Crippen molar-refractivity contribution in [3.05, 3.63) is 83.1 Å². The SMILES string of the molecule is O=C1NCCN(C(=O)c2cc3c(F)cccc3[nH]2)C[C@@H]1Cc1ccccc1-c1cccs1. The van der Waals surface area contributed by atoms with Crippen molar-refractivity contribution in [2.75, 3.05) is 19.6 Å². The number of nitrogens with zero attached hydrogens (tertiary/aromatic N) is 1. The molecular weight excluding hydrogens is 425 g/mol. The zero-order chi connectivity index (χ0) is 22.1. The molecule has 2 aromatic heterocycles. The molecule has 0 unspecified atom stereocenters. The topological polar surface area (TPSA) is 65.2 Å². The molecule has 1 fully saturated rings. The lowest BCUT2D eigenvalue weighted by Gasteiger charge is -2.23. The highest BCUT2D eigenvalue weighted by molar-refractivity contribution is 7.13. The van der Waals surface area contributed by atoms with E-state index in [-0.39, 0.29) is 23.5 Å². The number of carbonyl (C=O) groups excluding carboxylic acids is 2. The second kappa shape index (κ2) is 8.59. The Labute approximate surface area is 188 Å². The highest BCUT2D eigenvalue weighted by atomic mass is 32.1. The van der Waals surface area contributed by atoms with Gasteiger partial charge < -0.3 is 15.2 Å². The molecule has 1 aliphatic heterocycles. The zero-order valence-electron chi connectivity index (χ0n) is 17.3. The van der Waals surface area contributed by atoms with Crippen LogP contribution in [-0.4, -0.2) is 41.3 Å². The minimum atomic E-state index is -0.372. The Kier molecular flexibility index (Phi) is 5.49. The third-order valence-electron chi connectivity index (χ3n) is 5.89. The van der Waals surface area contributed by atoms with Crippen LogP contribution in [0, 0.1) is 11.7 Å². The molecule has 0 spiro atoms. The fraction of sp³-hybridized carbons (Fsp3) is 0.200. The molecule has 0 bridgehead atoms. The molecule has 5 nitrogen and oxygen atoms in total. The molecule has 2 amide bonds. The molecule has 32 heavy (non-hydrogen) atoms. The monoisotopic (exact) mass is 447 g/mol. The number of rotatable bonds is 4. The summed E-state index contributed by atoms with van der Waals surface area (Å²) in [5.74, 6) is -1.02. The van der Waals surface area contributed by atoms with Crippen LogP contribution in [-0.2, 0) is 11.2 Å². The first-order chi connectivity index (χ1) is 15.6. The molecule has 2 aromatic carbocycles. The van der Waals surface area contributed by atoms with Crippen LogP contribution in [0.15, 0.2) is 66.0 Å². The first-order valence-corrected chi connectivity index (χ1v) is 11.4. The average Bonchev–Trinajstić information content (AvgIpc) is 3.45. The van der Waals surface area contributed by atoms with Gasteiger partial charge >= 0.3 is 0 Å². The van der Waals surface area contributed by atoms with Gasteiger partial charge in [0, 0.05) is 35.4 Å². The fourth-order valence-electron chi connectivity index (χ4n) is 4.28. The molecule has 5 rings (SSSR count). The Morgan fingerprint density at radius 2 is 2.00 bits per heavy atom. The number of aromatic nitrogens is 1. The van der Waals surface area contributed by atoms with E-state index in [2.05, 4.69) is 22.4 Å². The Balaban J connectivity index is 1.40. The summed E-state index contributed by atoms with van der Waals surface area (Å²) in [5.41, 5.74) is 3.11. The molecule has 0 radical (unpaired) electrons. The van der Waals surface area contributed by atoms with Gasteiger partial charge in [0.05, 0.1) is 5.92 Å². The van der Waals surface area contributed by atoms with Gasteiger partial charge in [0.2, 0.25) is 5.91 Å². The van der Waals surface area contributed by atoms with Crippen LogP contribution in [0.25, 0.3) is 21.3 Å². The third-order valence-corrected chi connectivity index (χ3v) is 6.79. The smallest absolute Gasteiger partial charge is 0.270 e. The number of fused-ring (bicyclic) bond motifs is 1. The van der Waals surface area contributed by atoms with Gasteiger partial charge in [-0.25, -0.2) is 4.39 Å². The number of carbonyl (C=O) groups is 2. The normalized spacial score (nSPS) is 16.7. The summed E-state index contributed by atoms with van der Waals surface area (Å²) < 4.78 is 14.1. The Morgan fingerprint density at radius 1 is 1.12 bits per heavy atom. The van der Waals surface area contributed by atoms with E-state index in [0.717, 1.165) is 16.0 Å². The van der Waals surface area contributed by atoms with Crippen LogP contribution in [0.3, 0.4) is 0 Å². The van der Waals surface area contributed by atoms with E-state index in [4.69, 9.17) is 0 Å². The second-order valence-corrected chi connectivity index (χ2v) is 8.91. The van der Waals surface area contributed by atoms with Crippen LogP contribution in [0.1, 0.15) is 16.1 Å². The Bertz CT molecular complexity index is 1280. The molecule has 1 saturated heterocycles. The largest absolute Gasteiger partial charge is 0.354 e. The summed E-state index contributed by atoms with van der Waals surface area (Å²) in [6, 6.07) is 18.4. The molecule has 7 heteroatoms. The maximum atomic E-state index is 14.1. The average molecular weight is 448 g/mol. The van der Waals surface area contributed by atoms with E-state index < -0.39 is 0 Å². The summed E-state index contributed by atoms with van der Waals surface area (Å²) >= 11 is 1.66. The Morgan fingerprint density at radius 3 is 2.81 bits per heavy atom. The highest BCUT2D eigenvalue weighted by Gasteiger charge is 2.29. The van der Waals surface area contributed by atoms with E-state index in [1.54, 1.807) is 34.4 Å². The number of halogens is 1. The van der Waals surface area contributed by atoms with Crippen LogP contribution >= 0.6 is 11.3 Å². The number of aromatic amines is 1. The number of benzene rings is 2. The van der Waals surface area contributed by atoms with Crippen molar-refractivity contribution < 1.29 is 14.0 Å². The van der Waals surface area contributed by atoms with Gasteiger partial charge in [-0.3, -0.25) is 9.59 Å². The zero-order valence-corrected chi connectivity index (χ0v) is 18.1. The van der Waals surface area contributed by atoms with Gasteiger partial charge in [-0.15, -0.1) is 11.3 Å². The lowest BCUT2D eigenvalue weighted by molar-refractivity contribution is -0.124. The maximum absolute atomic E-state index is 14.1. The predicted octanol–water partition coefficient (Wildman–Crippen LogP) is 4.47. The lowest BCUT2D eigenvalue weighted by atomic mass is 9.94. The summed E-state index contributed by atoms with van der Waals surface area (Å²) in [7, 11) is 0. The summed E-state index contributed by atoms with van der Waals surface area (Å²) in [6.07, 6.45) is 0.533. The molecule has 1 atom stereocenters. The standard InChI is InChI=1S/C25H22FN3O2S/c26-20-7-3-8-21-19(20)14-22(28-21)25(31)29-11-10-27-24(30)17(15-29)13-16-5-1-2-6-18(16)23-9-4-12-32-23/h1-9,12,14,17,28H,10-11,13,15H2,(H,27,30)/t17-/m0/s1. The molecule has 0 aliphatic carbocycles. The van der Waals surface area contributed by atoms with Crippen LogP contribution in [0.5, 0.6) is 0 Å². The van der Waals surface area contributed by atoms with Gasteiger partial charge in [-0.2, -0.15) is 0 Å². The second-order valence-electron chi connectivity index (χ2n) is 7.96. The maximum Gasteiger partial charge on any atom is 0.270 e. The van der Waals surface area contributed by atoms with Crippen molar-refractivity contribution >= 4 is 34.1 Å². The van der Waals surface area contributed by atoms with Crippen LogP contribution < -0.4 is 5.32 Å². The van der Waals surface area contributed by atoms with Gasteiger partial charge in [-0.1, -0.05) is 36.4 Å². The predicted molar refractivity (Wildman–Crippen MR) is 124 cm³/mol. The number of hydrogen-bond donors (Lipinski definition) is 2. The van der Waals surface area contributed by atoms with E-state index in [1.807, 2.05) is 29.6 Å². The number of hydrogen-bond acceptors (Lipinski definition) is 3. The summed E-state index contributed by atoms with van der Waals surface area (Å²) in [4.78, 5) is 31.9. The first kappa shape index (κ1) is 20.5. The minimum Gasteiger partial charge on any atom is -0.354 e. The minimum absolute atomic E-state index is 0.0519. The van der Waals surface area contributed by atoms with Crippen molar-refractivity contribution in [1.82, 2.24) is 15.2 Å². The van der Waals surface area contributed by atoms with Crippen molar-refractivity contribution in [1.29, 1.82) is 0 Å². The molecule has 3 heterocycles. The van der Waals surface area contributed by atoms with Crippen molar-refractivity contribution in [3.8, 4) is 10.4 Å². The van der Waals surface area contributed by atoms with Crippen LogP contribution in [0.2, 0.25) is 0 Å². The molecular formula is C25H22FN3O2S. The first-order valence-electron chi connectivity index (χ1n) is 10.6. The van der Waals surface area contributed by atoms with Gasteiger partial charge in [0.15, 0.2) is 0 Å². The molecule has 0 saturated carbocycles. The molecule has 4 aromatic rings. The van der Waals surface area contributed by atoms with Crippen LogP contribution in [0.4, 0.5) is 4.39 Å². The summed E-state index contributed by atoms with van der Waals surface area (Å²) in [5, 5.41) is 5.37. The number of amides is 2. The molecule has 162 valence electrons. The van der Waals surface area contributed by atoms with Crippen molar-refractivity contribution in [3.63, 3.8) is 0 Å². The number of H-pyrrole nitrogens is 1. The fourth-order valence-corrected chi connectivity index (χ4v) is 5.07. The lowest BCUT2D eigenvalue weighted by Crippen LogP contribution is -2.37. The highest BCUT2D eigenvalue weighted by Crippen LogP contribution is 2.30. The summed E-state index contributed by atoms with van der Waals surface area (Å²) in [6.45, 7) is 1.11. The number of nitrogens with one attached hydrogen (secondary N) is 2. The van der Waals surface area contributed by atoms with E-state index >= 15 is 0 Å². The third kappa shape index (κ3) is 3.91. The van der Waals surface area contributed by atoms with Crippen molar-refractivity contribution in [2.24, 2.45) is 5.92 Å².